The molecule has 0 fully saturated rings. The number of benzene rings is 2. The third-order valence-corrected chi connectivity index (χ3v) is 3.28. The summed E-state index contributed by atoms with van der Waals surface area (Å²) in [5.74, 6) is 0.472. The van der Waals surface area contributed by atoms with Crippen molar-refractivity contribution in [1.29, 1.82) is 0 Å². The second-order valence-electron chi connectivity index (χ2n) is 4.61. The summed E-state index contributed by atoms with van der Waals surface area (Å²) in [6.45, 7) is 2.22. The van der Waals surface area contributed by atoms with Crippen molar-refractivity contribution < 1.29 is 5.11 Å². The van der Waals surface area contributed by atoms with Gasteiger partial charge in [0.15, 0.2) is 0 Å². The molecule has 0 atom stereocenters. The van der Waals surface area contributed by atoms with E-state index in [0.29, 0.717) is 5.75 Å². The highest BCUT2D eigenvalue weighted by atomic mass is 16.3. The fourth-order valence-corrected chi connectivity index (χ4v) is 2.24. The number of aromatic hydroxyl groups is 1. The lowest BCUT2D eigenvalue weighted by Gasteiger charge is -2.07. The van der Waals surface area contributed by atoms with Crippen LogP contribution in [0.25, 0.3) is 10.8 Å². The molecule has 1 heteroatoms. The van der Waals surface area contributed by atoms with E-state index >= 15 is 0 Å². The van der Waals surface area contributed by atoms with Crippen molar-refractivity contribution in [3.05, 3.63) is 42.0 Å². The number of phenols is 1. The predicted molar refractivity (Wildman–Crippen MR) is 73.5 cm³/mol. The molecule has 0 saturated heterocycles. The van der Waals surface area contributed by atoms with Crippen molar-refractivity contribution in [2.45, 2.75) is 39.0 Å². The molecule has 0 unspecified atom stereocenters. The van der Waals surface area contributed by atoms with Gasteiger partial charge < -0.3 is 5.11 Å². The van der Waals surface area contributed by atoms with Gasteiger partial charge in [-0.05, 0) is 23.8 Å². The van der Waals surface area contributed by atoms with Crippen molar-refractivity contribution in [3.63, 3.8) is 0 Å². The van der Waals surface area contributed by atoms with Gasteiger partial charge in [-0.25, -0.2) is 0 Å². The van der Waals surface area contributed by atoms with E-state index in [2.05, 4.69) is 19.1 Å². The minimum Gasteiger partial charge on any atom is -0.507 e. The fraction of sp³-hybridized carbons (Fsp3) is 0.375. The van der Waals surface area contributed by atoms with Crippen LogP contribution in [0.3, 0.4) is 0 Å². The zero-order valence-electron chi connectivity index (χ0n) is 10.4. The van der Waals surface area contributed by atoms with Crippen molar-refractivity contribution in [3.8, 4) is 5.75 Å². The molecule has 0 radical (unpaired) electrons. The van der Waals surface area contributed by atoms with Gasteiger partial charge >= 0.3 is 0 Å². The lowest BCUT2D eigenvalue weighted by molar-refractivity contribution is 0.472. The van der Waals surface area contributed by atoms with Crippen LogP contribution in [-0.4, -0.2) is 5.11 Å². The van der Waals surface area contributed by atoms with Crippen LogP contribution in [0.2, 0.25) is 0 Å². The van der Waals surface area contributed by atoms with E-state index < -0.39 is 0 Å². The molecule has 90 valence electrons. The van der Waals surface area contributed by atoms with Crippen molar-refractivity contribution in [2.75, 3.05) is 0 Å². The number of rotatable bonds is 5. The van der Waals surface area contributed by atoms with E-state index in [-0.39, 0.29) is 0 Å². The summed E-state index contributed by atoms with van der Waals surface area (Å²) < 4.78 is 0. The molecule has 2 rings (SSSR count). The van der Waals surface area contributed by atoms with Crippen LogP contribution in [-0.2, 0) is 6.42 Å². The Morgan fingerprint density at radius 1 is 0.941 bits per heavy atom. The Balaban J connectivity index is 2.15. The fourth-order valence-electron chi connectivity index (χ4n) is 2.24. The van der Waals surface area contributed by atoms with Gasteiger partial charge in [0.2, 0.25) is 0 Å². The van der Waals surface area contributed by atoms with Crippen LogP contribution in [0.1, 0.15) is 38.2 Å². The van der Waals surface area contributed by atoms with Crippen molar-refractivity contribution in [2.24, 2.45) is 0 Å². The second-order valence-corrected chi connectivity index (χ2v) is 4.61. The minimum atomic E-state index is 0.472. The van der Waals surface area contributed by atoms with Gasteiger partial charge in [-0.15, -0.1) is 0 Å². The average molecular weight is 228 g/mol. The van der Waals surface area contributed by atoms with Gasteiger partial charge in [0, 0.05) is 5.39 Å². The molecule has 2 aromatic rings. The first kappa shape index (κ1) is 12.0. The zero-order chi connectivity index (χ0) is 12.1. The van der Waals surface area contributed by atoms with Crippen molar-refractivity contribution >= 4 is 10.8 Å². The van der Waals surface area contributed by atoms with Crippen molar-refractivity contribution in [1.82, 2.24) is 0 Å². The normalized spacial score (nSPS) is 10.9. The molecule has 1 nitrogen and oxygen atoms in total. The summed E-state index contributed by atoms with van der Waals surface area (Å²) in [4.78, 5) is 0. The van der Waals surface area contributed by atoms with Crippen LogP contribution in [0.4, 0.5) is 0 Å². The zero-order valence-corrected chi connectivity index (χ0v) is 10.4. The molecule has 2 aromatic carbocycles. The number of hydrogen-bond acceptors (Lipinski definition) is 1. The Labute approximate surface area is 103 Å². The molecule has 0 bridgehead atoms. The van der Waals surface area contributed by atoms with Crippen LogP contribution in [0.5, 0.6) is 5.75 Å². The maximum absolute atomic E-state index is 10.2. The van der Waals surface area contributed by atoms with Gasteiger partial charge in [0.1, 0.15) is 5.75 Å². The Morgan fingerprint density at radius 2 is 1.76 bits per heavy atom. The average Bonchev–Trinajstić information content (AvgIpc) is 2.37. The predicted octanol–water partition coefficient (Wildman–Crippen LogP) is 4.67. The summed E-state index contributed by atoms with van der Waals surface area (Å²) in [5.41, 5.74) is 1.08. The van der Waals surface area contributed by atoms with Gasteiger partial charge in [0.05, 0.1) is 0 Å². The van der Waals surface area contributed by atoms with Gasteiger partial charge in [-0.1, -0.05) is 62.6 Å². The first-order valence-electron chi connectivity index (χ1n) is 6.52. The maximum atomic E-state index is 10.2. The second kappa shape index (κ2) is 5.72. The molecular weight excluding hydrogens is 208 g/mol. The molecular formula is C16H20O. The molecule has 0 heterocycles. The highest BCUT2D eigenvalue weighted by Gasteiger charge is 2.05. The molecule has 1 N–H and O–H groups in total. The molecule has 0 aliphatic carbocycles. The molecule has 0 spiro atoms. The minimum absolute atomic E-state index is 0.472. The SMILES string of the molecule is CCCCCCc1ccc2ccccc2c1O. The highest BCUT2D eigenvalue weighted by Crippen LogP contribution is 2.29. The van der Waals surface area contributed by atoms with E-state index in [1.807, 2.05) is 24.3 Å². The number of aryl methyl sites for hydroxylation is 1. The van der Waals surface area contributed by atoms with E-state index in [0.717, 1.165) is 22.8 Å². The van der Waals surface area contributed by atoms with Crippen LogP contribution in [0, 0.1) is 0 Å². The van der Waals surface area contributed by atoms with Crippen LogP contribution in [0.15, 0.2) is 36.4 Å². The van der Waals surface area contributed by atoms with E-state index in [9.17, 15) is 5.11 Å². The van der Waals surface area contributed by atoms with Crippen LogP contribution < -0.4 is 0 Å². The van der Waals surface area contributed by atoms with E-state index in [4.69, 9.17) is 0 Å². The third-order valence-electron chi connectivity index (χ3n) is 3.28. The van der Waals surface area contributed by atoms with Gasteiger partial charge in [-0.3, -0.25) is 0 Å². The van der Waals surface area contributed by atoms with Gasteiger partial charge in [0.25, 0.3) is 0 Å². The monoisotopic (exact) mass is 228 g/mol. The highest BCUT2D eigenvalue weighted by molar-refractivity contribution is 5.89. The van der Waals surface area contributed by atoms with E-state index in [1.54, 1.807) is 0 Å². The molecule has 0 aliphatic heterocycles. The Bertz CT molecular complexity index is 488. The van der Waals surface area contributed by atoms with E-state index in [1.165, 1.54) is 25.7 Å². The van der Waals surface area contributed by atoms with Gasteiger partial charge in [-0.2, -0.15) is 0 Å². The Kier molecular flexibility index (Phi) is 4.03. The smallest absolute Gasteiger partial charge is 0.126 e. The topological polar surface area (TPSA) is 20.2 Å². The number of phenolic OH excluding ortho intramolecular Hbond substituents is 1. The number of fused-ring (bicyclic) bond motifs is 1. The molecule has 17 heavy (non-hydrogen) atoms. The maximum Gasteiger partial charge on any atom is 0.126 e. The first-order chi connectivity index (χ1) is 8.33. The third kappa shape index (κ3) is 2.79. The summed E-state index contributed by atoms with van der Waals surface area (Å²) in [5, 5.41) is 12.3. The quantitative estimate of drug-likeness (QED) is 0.737. The summed E-state index contributed by atoms with van der Waals surface area (Å²) in [7, 11) is 0. The standard InChI is InChI=1S/C16H20O/c1-2-3-4-5-9-14-12-11-13-8-6-7-10-15(13)16(14)17/h6-8,10-12,17H,2-5,9H2,1H3. The summed E-state index contributed by atoms with van der Waals surface area (Å²) >= 11 is 0. The largest absolute Gasteiger partial charge is 0.507 e. The number of hydrogen-bond donors (Lipinski definition) is 1. The Morgan fingerprint density at radius 3 is 2.59 bits per heavy atom. The first-order valence-corrected chi connectivity index (χ1v) is 6.52. The molecule has 0 amide bonds. The molecule has 0 saturated carbocycles. The Hall–Kier alpha value is -1.50. The lowest BCUT2D eigenvalue weighted by atomic mass is 10.0. The molecule has 0 aromatic heterocycles. The summed E-state index contributed by atoms with van der Waals surface area (Å²) in [6.07, 6.45) is 5.94. The summed E-state index contributed by atoms with van der Waals surface area (Å²) in [6, 6.07) is 12.2. The number of unbranched alkanes of at least 4 members (excludes halogenated alkanes) is 3. The van der Waals surface area contributed by atoms with Crippen LogP contribution >= 0.6 is 0 Å². The lowest BCUT2D eigenvalue weighted by Crippen LogP contribution is -1.88. The molecule has 0 aliphatic rings.